The van der Waals surface area contributed by atoms with Crippen molar-refractivity contribution in [2.75, 3.05) is 10.6 Å². The molecule has 0 unspecified atom stereocenters. The normalized spacial score (nSPS) is 10.6. The lowest BCUT2D eigenvalue weighted by Crippen LogP contribution is -2.14. The number of carbonyl (C=O) groups excluding carboxylic acids is 1. The maximum Gasteiger partial charge on any atom is 0.274 e. The van der Waals surface area contributed by atoms with Gasteiger partial charge in [0.2, 0.25) is 5.95 Å². The highest BCUT2D eigenvalue weighted by molar-refractivity contribution is 6.03. The van der Waals surface area contributed by atoms with E-state index in [0.717, 1.165) is 0 Å². The van der Waals surface area contributed by atoms with Crippen LogP contribution in [0.5, 0.6) is 0 Å². The molecule has 1 aromatic heterocycles. The molecule has 5 nitrogen and oxygen atoms in total. The van der Waals surface area contributed by atoms with Gasteiger partial charge in [-0.3, -0.25) is 4.79 Å². The smallest absolute Gasteiger partial charge is 0.274 e. The third-order valence-corrected chi connectivity index (χ3v) is 3.82. The number of amides is 1. The summed E-state index contributed by atoms with van der Waals surface area (Å²) in [7, 11) is 0. The van der Waals surface area contributed by atoms with Gasteiger partial charge in [-0.25, -0.2) is 14.4 Å². The molecule has 2 N–H and O–H groups in total. The van der Waals surface area contributed by atoms with E-state index in [2.05, 4.69) is 34.4 Å². The Hall–Kier alpha value is -3.28. The zero-order chi connectivity index (χ0) is 18.5. The second kappa shape index (κ2) is 7.74. The standard InChI is InChI=1S/C20H19FN4O/c1-13(2)14-3-7-16(8-4-14)23-19(26)18-11-12-22-20(25-18)24-17-9-5-15(21)6-10-17/h3-13H,1-2H3,(H,23,26)(H,22,24,25). The Bertz CT molecular complexity index is 892. The molecule has 0 spiro atoms. The van der Waals surface area contributed by atoms with E-state index in [-0.39, 0.29) is 23.4 Å². The molecule has 0 bridgehead atoms. The Morgan fingerprint density at radius 1 is 0.962 bits per heavy atom. The molecule has 6 heteroatoms. The van der Waals surface area contributed by atoms with Crippen LogP contribution in [0.25, 0.3) is 0 Å². The molecule has 3 rings (SSSR count). The summed E-state index contributed by atoms with van der Waals surface area (Å²) in [5.74, 6) is 0.0426. The van der Waals surface area contributed by atoms with Crippen molar-refractivity contribution in [2.45, 2.75) is 19.8 Å². The first-order valence-corrected chi connectivity index (χ1v) is 8.28. The molecule has 1 amide bonds. The summed E-state index contributed by atoms with van der Waals surface area (Å²) in [6.07, 6.45) is 1.50. The molecule has 0 aliphatic heterocycles. The zero-order valence-electron chi connectivity index (χ0n) is 14.5. The molecule has 0 fully saturated rings. The summed E-state index contributed by atoms with van der Waals surface area (Å²) in [6, 6.07) is 15.1. The summed E-state index contributed by atoms with van der Waals surface area (Å²) in [5.41, 5.74) is 2.77. The van der Waals surface area contributed by atoms with E-state index in [4.69, 9.17) is 0 Å². The number of nitrogens with zero attached hydrogens (tertiary/aromatic N) is 2. The van der Waals surface area contributed by atoms with Crippen molar-refractivity contribution in [3.8, 4) is 0 Å². The van der Waals surface area contributed by atoms with Gasteiger partial charge < -0.3 is 10.6 Å². The van der Waals surface area contributed by atoms with Crippen LogP contribution < -0.4 is 10.6 Å². The molecule has 132 valence electrons. The van der Waals surface area contributed by atoms with Crippen LogP contribution >= 0.6 is 0 Å². The van der Waals surface area contributed by atoms with Crippen molar-refractivity contribution < 1.29 is 9.18 Å². The molecule has 0 aliphatic rings. The van der Waals surface area contributed by atoms with E-state index in [1.54, 1.807) is 12.1 Å². The van der Waals surface area contributed by atoms with Crippen LogP contribution in [0.1, 0.15) is 35.8 Å². The van der Waals surface area contributed by atoms with Crippen molar-refractivity contribution in [3.63, 3.8) is 0 Å². The fraction of sp³-hybridized carbons (Fsp3) is 0.150. The molecule has 0 saturated carbocycles. The lowest BCUT2D eigenvalue weighted by Gasteiger charge is -2.09. The minimum Gasteiger partial charge on any atom is -0.324 e. The van der Waals surface area contributed by atoms with E-state index in [9.17, 15) is 9.18 Å². The maximum absolute atomic E-state index is 13.0. The summed E-state index contributed by atoms with van der Waals surface area (Å²) in [4.78, 5) is 20.7. The van der Waals surface area contributed by atoms with E-state index >= 15 is 0 Å². The first-order chi connectivity index (χ1) is 12.5. The molecule has 0 saturated heterocycles. The number of rotatable bonds is 5. The van der Waals surface area contributed by atoms with Crippen molar-refractivity contribution in [3.05, 3.63) is 77.9 Å². The average Bonchev–Trinajstić information content (AvgIpc) is 2.64. The quantitative estimate of drug-likeness (QED) is 0.698. The van der Waals surface area contributed by atoms with E-state index in [0.29, 0.717) is 17.3 Å². The van der Waals surface area contributed by atoms with Crippen molar-refractivity contribution >= 4 is 23.2 Å². The third kappa shape index (κ3) is 4.42. The van der Waals surface area contributed by atoms with Gasteiger partial charge in [-0.05, 0) is 53.9 Å². The Kier molecular flexibility index (Phi) is 5.22. The van der Waals surface area contributed by atoms with E-state index < -0.39 is 0 Å². The number of halogens is 1. The highest BCUT2D eigenvalue weighted by Crippen LogP contribution is 2.18. The van der Waals surface area contributed by atoms with Crippen LogP contribution in [0.3, 0.4) is 0 Å². The Labute approximate surface area is 151 Å². The Morgan fingerprint density at radius 3 is 2.27 bits per heavy atom. The second-order valence-electron chi connectivity index (χ2n) is 6.13. The molecule has 0 radical (unpaired) electrons. The van der Waals surface area contributed by atoms with Crippen LogP contribution in [0.4, 0.5) is 21.7 Å². The van der Waals surface area contributed by atoms with Crippen LogP contribution in [0.2, 0.25) is 0 Å². The summed E-state index contributed by atoms with van der Waals surface area (Å²) >= 11 is 0. The number of hydrogen-bond donors (Lipinski definition) is 2. The van der Waals surface area contributed by atoms with Gasteiger partial charge in [-0.15, -0.1) is 0 Å². The Morgan fingerprint density at radius 2 is 1.62 bits per heavy atom. The predicted molar refractivity (Wildman–Crippen MR) is 100 cm³/mol. The van der Waals surface area contributed by atoms with E-state index in [1.807, 2.05) is 24.3 Å². The van der Waals surface area contributed by atoms with Crippen LogP contribution in [-0.4, -0.2) is 15.9 Å². The third-order valence-electron chi connectivity index (χ3n) is 3.82. The fourth-order valence-electron chi connectivity index (χ4n) is 2.35. The lowest BCUT2D eigenvalue weighted by atomic mass is 10.0. The van der Waals surface area contributed by atoms with Gasteiger partial charge in [0.05, 0.1) is 0 Å². The van der Waals surface area contributed by atoms with Gasteiger partial charge in [0, 0.05) is 17.6 Å². The summed E-state index contributed by atoms with van der Waals surface area (Å²) in [6.45, 7) is 4.23. The summed E-state index contributed by atoms with van der Waals surface area (Å²) in [5, 5.41) is 5.76. The second-order valence-corrected chi connectivity index (χ2v) is 6.13. The number of carbonyl (C=O) groups is 1. The number of nitrogens with one attached hydrogen (secondary N) is 2. The monoisotopic (exact) mass is 350 g/mol. The molecular weight excluding hydrogens is 331 g/mol. The highest BCUT2D eigenvalue weighted by Gasteiger charge is 2.10. The average molecular weight is 350 g/mol. The van der Waals surface area contributed by atoms with Gasteiger partial charge >= 0.3 is 0 Å². The van der Waals surface area contributed by atoms with Gasteiger partial charge in [0.15, 0.2) is 0 Å². The highest BCUT2D eigenvalue weighted by atomic mass is 19.1. The molecule has 1 heterocycles. The topological polar surface area (TPSA) is 66.9 Å². The minimum atomic E-state index is -0.327. The van der Waals surface area contributed by atoms with Gasteiger partial charge in [-0.1, -0.05) is 26.0 Å². The Balaban J connectivity index is 1.70. The van der Waals surface area contributed by atoms with Crippen LogP contribution in [-0.2, 0) is 0 Å². The zero-order valence-corrected chi connectivity index (χ0v) is 14.5. The fourth-order valence-corrected chi connectivity index (χ4v) is 2.35. The van der Waals surface area contributed by atoms with Gasteiger partial charge in [0.25, 0.3) is 5.91 Å². The molecule has 26 heavy (non-hydrogen) atoms. The first-order valence-electron chi connectivity index (χ1n) is 8.28. The largest absolute Gasteiger partial charge is 0.324 e. The first kappa shape index (κ1) is 17.5. The van der Waals surface area contributed by atoms with E-state index in [1.165, 1.54) is 30.0 Å². The number of benzene rings is 2. The summed E-state index contributed by atoms with van der Waals surface area (Å²) < 4.78 is 13.0. The van der Waals surface area contributed by atoms with Gasteiger partial charge in [0.1, 0.15) is 11.5 Å². The molecule has 2 aromatic carbocycles. The van der Waals surface area contributed by atoms with Crippen molar-refractivity contribution in [1.82, 2.24) is 9.97 Å². The van der Waals surface area contributed by atoms with Crippen LogP contribution in [0, 0.1) is 5.82 Å². The molecule has 3 aromatic rings. The maximum atomic E-state index is 13.0. The number of hydrogen-bond acceptors (Lipinski definition) is 4. The van der Waals surface area contributed by atoms with Gasteiger partial charge in [-0.2, -0.15) is 0 Å². The lowest BCUT2D eigenvalue weighted by molar-refractivity contribution is 0.102. The van der Waals surface area contributed by atoms with Crippen molar-refractivity contribution in [2.24, 2.45) is 0 Å². The predicted octanol–water partition coefficient (Wildman–Crippen LogP) is 4.74. The molecular formula is C20H19FN4O. The van der Waals surface area contributed by atoms with Crippen molar-refractivity contribution in [1.29, 1.82) is 0 Å². The SMILES string of the molecule is CC(C)c1ccc(NC(=O)c2ccnc(Nc3ccc(F)cc3)n2)cc1. The number of anilines is 3. The number of aromatic nitrogens is 2. The molecule has 0 atom stereocenters. The van der Waals surface area contributed by atoms with Crippen LogP contribution in [0.15, 0.2) is 60.8 Å². The minimum absolute atomic E-state index is 0.234. The molecule has 0 aliphatic carbocycles.